The van der Waals surface area contributed by atoms with Gasteiger partial charge in [-0.1, -0.05) is 0 Å². The smallest absolute Gasteiger partial charge is 0.354 e. The molecular formula is C14H18N2O4. The van der Waals surface area contributed by atoms with Crippen LogP contribution in [-0.4, -0.2) is 51.7 Å². The molecule has 2 heterocycles. The maximum atomic E-state index is 12.4. The highest BCUT2D eigenvalue weighted by Gasteiger charge is 2.24. The van der Waals surface area contributed by atoms with Gasteiger partial charge in [-0.25, -0.2) is 9.78 Å². The summed E-state index contributed by atoms with van der Waals surface area (Å²) in [4.78, 5) is 28.7. The molecule has 0 aliphatic carbocycles. The summed E-state index contributed by atoms with van der Waals surface area (Å²) in [5, 5.41) is 17.9. The number of carbonyl (C=O) groups excluding carboxylic acids is 1. The Morgan fingerprint density at radius 2 is 2.25 bits per heavy atom. The van der Waals surface area contributed by atoms with E-state index < -0.39 is 5.97 Å². The SMILES string of the molecule is O=C(O)c1cc(C(=O)N2CCCC(CCO)C2)ccn1. The Morgan fingerprint density at radius 3 is 2.95 bits per heavy atom. The molecule has 1 aliphatic heterocycles. The van der Waals surface area contributed by atoms with Crippen LogP contribution in [0.2, 0.25) is 0 Å². The molecule has 108 valence electrons. The lowest BCUT2D eigenvalue weighted by Crippen LogP contribution is -2.40. The Morgan fingerprint density at radius 1 is 1.45 bits per heavy atom. The fraction of sp³-hybridized carbons (Fsp3) is 0.500. The van der Waals surface area contributed by atoms with Crippen LogP contribution >= 0.6 is 0 Å². The van der Waals surface area contributed by atoms with Gasteiger partial charge in [0.15, 0.2) is 0 Å². The second kappa shape index (κ2) is 6.47. The van der Waals surface area contributed by atoms with Gasteiger partial charge < -0.3 is 15.1 Å². The molecule has 1 aromatic heterocycles. The first-order valence-electron chi connectivity index (χ1n) is 6.71. The van der Waals surface area contributed by atoms with Gasteiger partial charge in [-0.05, 0) is 37.3 Å². The van der Waals surface area contributed by atoms with Crippen LogP contribution in [0, 0.1) is 5.92 Å². The minimum atomic E-state index is -1.14. The number of likely N-dealkylation sites (tertiary alicyclic amines) is 1. The van der Waals surface area contributed by atoms with E-state index in [4.69, 9.17) is 10.2 Å². The largest absolute Gasteiger partial charge is 0.477 e. The summed E-state index contributed by atoms with van der Waals surface area (Å²) < 4.78 is 0. The Balaban J connectivity index is 2.10. The predicted octanol–water partition coefficient (Wildman–Crippen LogP) is 1.01. The number of carboxylic acids is 1. The third-order valence-electron chi connectivity index (χ3n) is 3.57. The molecule has 20 heavy (non-hydrogen) atoms. The molecule has 0 spiro atoms. The number of hydrogen-bond acceptors (Lipinski definition) is 4. The second-order valence-corrected chi connectivity index (χ2v) is 5.01. The highest BCUT2D eigenvalue weighted by Crippen LogP contribution is 2.21. The summed E-state index contributed by atoms with van der Waals surface area (Å²) >= 11 is 0. The third-order valence-corrected chi connectivity index (χ3v) is 3.57. The van der Waals surface area contributed by atoms with Crippen LogP contribution in [0.25, 0.3) is 0 Å². The van der Waals surface area contributed by atoms with E-state index in [1.807, 2.05) is 0 Å². The van der Waals surface area contributed by atoms with E-state index in [0.717, 1.165) is 12.8 Å². The van der Waals surface area contributed by atoms with Crippen molar-refractivity contribution in [1.82, 2.24) is 9.88 Å². The molecule has 1 unspecified atom stereocenters. The number of amides is 1. The standard InChI is InChI=1S/C14H18N2O4/c17-7-4-10-2-1-6-16(9-10)13(18)11-3-5-15-12(8-11)14(19)20/h3,5,8,10,17H,1-2,4,6-7,9H2,(H,19,20). The van der Waals surface area contributed by atoms with Crippen LogP contribution in [0.3, 0.4) is 0 Å². The maximum Gasteiger partial charge on any atom is 0.354 e. The number of piperidine rings is 1. The van der Waals surface area contributed by atoms with Gasteiger partial charge in [0, 0.05) is 31.5 Å². The van der Waals surface area contributed by atoms with Gasteiger partial charge in [0.1, 0.15) is 5.69 Å². The molecule has 1 saturated heterocycles. The number of carbonyl (C=O) groups is 2. The quantitative estimate of drug-likeness (QED) is 0.858. The highest BCUT2D eigenvalue weighted by molar-refractivity contribution is 5.96. The van der Waals surface area contributed by atoms with Gasteiger partial charge in [-0.15, -0.1) is 0 Å². The predicted molar refractivity (Wildman–Crippen MR) is 71.5 cm³/mol. The Bertz CT molecular complexity index is 502. The van der Waals surface area contributed by atoms with E-state index in [1.165, 1.54) is 18.3 Å². The van der Waals surface area contributed by atoms with Gasteiger partial charge in [0.25, 0.3) is 5.91 Å². The van der Waals surface area contributed by atoms with Gasteiger partial charge in [-0.2, -0.15) is 0 Å². The molecule has 6 nitrogen and oxygen atoms in total. The number of rotatable bonds is 4. The summed E-state index contributed by atoms with van der Waals surface area (Å²) in [5.41, 5.74) is 0.224. The Labute approximate surface area is 117 Å². The van der Waals surface area contributed by atoms with E-state index in [1.54, 1.807) is 4.90 Å². The lowest BCUT2D eigenvalue weighted by Gasteiger charge is -2.32. The number of aliphatic hydroxyl groups is 1. The van der Waals surface area contributed by atoms with E-state index in [2.05, 4.69) is 4.98 Å². The summed E-state index contributed by atoms with van der Waals surface area (Å²) in [6.45, 7) is 1.42. The zero-order valence-electron chi connectivity index (χ0n) is 11.2. The number of nitrogens with zero attached hydrogens (tertiary/aromatic N) is 2. The number of aliphatic hydroxyl groups excluding tert-OH is 1. The molecule has 1 fully saturated rings. The molecule has 6 heteroatoms. The number of hydrogen-bond donors (Lipinski definition) is 2. The first-order valence-corrected chi connectivity index (χ1v) is 6.71. The van der Waals surface area contributed by atoms with E-state index in [9.17, 15) is 9.59 Å². The van der Waals surface area contributed by atoms with Crippen molar-refractivity contribution in [2.24, 2.45) is 5.92 Å². The number of aromatic carboxylic acids is 1. The van der Waals surface area contributed by atoms with Crippen molar-refractivity contribution in [3.8, 4) is 0 Å². The summed E-state index contributed by atoms with van der Waals surface area (Å²) in [6, 6.07) is 2.84. The molecule has 1 aromatic rings. The fourth-order valence-electron chi connectivity index (χ4n) is 2.53. The van der Waals surface area contributed by atoms with Crippen LogP contribution < -0.4 is 0 Å². The molecule has 2 N–H and O–H groups in total. The minimum Gasteiger partial charge on any atom is -0.477 e. The number of pyridine rings is 1. The van der Waals surface area contributed by atoms with Crippen LogP contribution in [0.1, 0.15) is 40.1 Å². The normalized spacial score (nSPS) is 18.9. The van der Waals surface area contributed by atoms with Crippen molar-refractivity contribution in [2.75, 3.05) is 19.7 Å². The average molecular weight is 278 g/mol. The Hall–Kier alpha value is -1.95. The van der Waals surface area contributed by atoms with Gasteiger partial charge in [-0.3, -0.25) is 4.79 Å². The van der Waals surface area contributed by atoms with Crippen molar-refractivity contribution in [3.05, 3.63) is 29.6 Å². The molecule has 1 aliphatic rings. The zero-order valence-corrected chi connectivity index (χ0v) is 11.2. The van der Waals surface area contributed by atoms with Gasteiger partial charge in [0.05, 0.1) is 0 Å². The average Bonchev–Trinajstić information content (AvgIpc) is 2.47. The first kappa shape index (κ1) is 14.5. The third kappa shape index (κ3) is 3.33. The van der Waals surface area contributed by atoms with Crippen LogP contribution in [0.5, 0.6) is 0 Å². The lowest BCUT2D eigenvalue weighted by atomic mass is 9.94. The first-order chi connectivity index (χ1) is 9.61. The topological polar surface area (TPSA) is 90.7 Å². The number of aromatic nitrogens is 1. The van der Waals surface area contributed by atoms with Crippen molar-refractivity contribution in [2.45, 2.75) is 19.3 Å². The molecule has 0 bridgehead atoms. The molecule has 1 amide bonds. The minimum absolute atomic E-state index is 0.125. The summed E-state index contributed by atoms with van der Waals surface area (Å²) in [6.07, 6.45) is 3.96. The molecule has 0 saturated carbocycles. The summed E-state index contributed by atoms with van der Waals surface area (Å²) in [7, 11) is 0. The Kier molecular flexibility index (Phi) is 4.68. The highest BCUT2D eigenvalue weighted by atomic mass is 16.4. The second-order valence-electron chi connectivity index (χ2n) is 5.01. The molecule has 2 rings (SSSR count). The van der Waals surface area contributed by atoms with E-state index in [0.29, 0.717) is 31.0 Å². The van der Waals surface area contributed by atoms with Crippen molar-refractivity contribution in [3.63, 3.8) is 0 Å². The molecular weight excluding hydrogens is 260 g/mol. The summed E-state index contributed by atoms with van der Waals surface area (Å²) in [5.74, 6) is -0.993. The lowest BCUT2D eigenvalue weighted by molar-refractivity contribution is 0.0653. The van der Waals surface area contributed by atoms with E-state index >= 15 is 0 Å². The molecule has 1 atom stereocenters. The maximum absolute atomic E-state index is 12.4. The van der Waals surface area contributed by atoms with Gasteiger partial charge >= 0.3 is 5.97 Å². The van der Waals surface area contributed by atoms with Crippen LogP contribution in [0.4, 0.5) is 0 Å². The van der Waals surface area contributed by atoms with Crippen molar-refractivity contribution in [1.29, 1.82) is 0 Å². The number of carboxylic acid groups (broad SMARTS) is 1. The zero-order chi connectivity index (χ0) is 14.5. The van der Waals surface area contributed by atoms with Crippen LogP contribution in [0.15, 0.2) is 18.3 Å². The molecule has 0 radical (unpaired) electrons. The van der Waals surface area contributed by atoms with E-state index in [-0.39, 0.29) is 18.2 Å². The van der Waals surface area contributed by atoms with Crippen molar-refractivity contribution < 1.29 is 19.8 Å². The monoisotopic (exact) mass is 278 g/mol. The molecule has 0 aromatic carbocycles. The van der Waals surface area contributed by atoms with Gasteiger partial charge in [0.2, 0.25) is 0 Å². The van der Waals surface area contributed by atoms with Crippen LogP contribution in [-0.2, 0) is 0 Å². The van der Waals surface area contributed by atoms with Crippen molar-refractivity contribution >= 4 is 11.9 Å². The fourth-order valence-corrected chi connectivity index (χ4v) is 2.53.